The van der Waals surface area contributed by atoms with E-state index in [0.29, 0.717) is 23.4 Å². The maximum absolute atomic E-state index is 12.3. The molecule has 1 fully saturated rings. The van der Waals surface area contributed by atoms with E-state index in [1.54, 1.807) is 6.20 Å². The predicted octanol–water partition coefficient (Wildman–Crippen LogP) is 1.18. The molecule has 10 heteroatoms. The lowest BCUT2D eigenvalue weighted by Gasteiger charge is -2.34. The lowest BCUT2D eigenvalue weighted by molar-refractivity contribution is -0.116. The fraction of sp³-hybridized carbons (Fsp3) is 0.450. The Bertz CT molecular complexity index is 901. The topological polar surface area (TPSA) is 122 Å². The van der Waals surface area contributed by atoms with Crippen LogP contribution in [0.4, 0.5) is 23.0 Å². The lowest BCUT2D eigenvalue weighted by atomic mass is 10.0. The van der Waals surface area contributed by atoms with Crippen LogP contribution in [0.15, 0.2) is 24.7 Å². The summed E-state index contributed by atoms with van der Waals surface area (Å²) in [4.78, 5) is 29.0. The largest absolute Gasteiger partial charge is 0.370 e. The molecule has 158 valence electrons. The average molecular weight is 409 g/mol. The van der Waals surface area contributed by atoms with Gasteiger partial charge in [0.1, 0.15) is 17.7 Å². The Hall–Kier alpha value is -3.29. The van der Waals surface area contributed by atoms with Gasteiger partial charge in [0.25, 0.3) is 0 Å². The molecule has 0 saturated carbocycles. The Kier molecular flexibility index (Phi) is 7.11. The van der Waals surface area contributed by atoms with Crippen LogP contribution >= 0.6 is 0 Å². The number of rotatable bonds is 7. The van der Waals surface area contributed by atoms with Gasteiger partial charge >= 0.3 is 0 Å². The quantitative estimate of drug-likeness (QED) is 0.618. The number of carbonyl (C=O) groups is 1. The van der Waals surface area contributed by atoms with Crippen LogP contribution in [0.1, 0.15) is 18.5 Å². The van der Waals surface area contributed by atoms with Gasteiger partial charge in [0.15, 0.2) is 5.69 Å². The monoisotopic (exact) mass is 409 g/mol. The molecule has 1 saturated heterocycles. The highest BCUT2D eigenvalue weighted by atomic mass is 16.2. The Labute approximate surface area is 176 Å². The van der Waals surface area contributed by atoms with Crippen LogP contribution in [0, 0.1) is 11.3 Å². The van der Waals surface area contributed by atoms with E-state index in [-0.39, 0.29) is 18.1 Å². The van der Waals surface area contributed by atoms with Crippen LogP contribution in [0.3, 0.4) is 0 Å². The zero-order chi connectivity index (χ0) is 21.5. The Morgan fingerprint density at radius 2 is 1.90 bits per heavy atom. The molecular weight excluding hydrogens is 382 g/mol. The van der Waals surface area contributed by atoms with Crippen LogP contribution in [-0.2, 0) is 4.79 Å². The molecule has 1 aliphatic rings. The maximum atomic E-state index is 12.3. The van der Waals surface area contributed by atoms with Gasteiger partial charge in [-0.15, -0.1) is 0 Å². The van der Waals surface area contributed by atoms with Gasteiger partial charge < -0.3 is 25.8 Å². The number of hydrogen-bond donors (Lipinski definition) is 3. The summed E-state index contributed by atoms with van der Waals surface area (Å²) in [5.74, 6) is 0.970. The fourth-order valence-corrected chi connectivity index (χ4v) is 3.35. The molecular formula is C20H27N9O. The van der Waals surface area contributed by atoms with Crippen LogP contribution in [0.2, 0.25) is 0 Å². The number of likely N-dealkylation sites (N-methyl/N-ethyl adjacent to an activating group) is 1. The molecule has 3 rings (SSSR count). The first-order chi connectivity index (χ1) is 14.5. The van der Waals surface area contributed by atoms with Crippen molar-refractivity contribution in [3.8, 4) is 6.07 Å². The number of anilines is 4. The molecule has 0 spiro atoms. The first-order valence-corrected chi connectivity index (χ1v) is 9.83. The third kappa shape index (κ3) is 5.62. The van der Waals surface area contributed by atoms with Crippen molar-refractivity contribution in [1.29, 1.82) is 5.26 Å². The van der Waals surface area contributed by atoms with Gasteiger partial charge in [-0.3, -0.25) is 4.79 Å². The molecule has 10 nitrogen and oxygen atoms in total. The molecule has 3 N–H and O–H groups in total. The second-order valence-corrected chi connectivity index (χ2v) is 7.49. The average Bonchev–Trinajstić information content (AvgIpc) is 2.75. The molecule has 0 aliphatic carbocycles. The maximum Gasteiger partial charge on any atom is 0.238 e. The summed E-state index contributed by atoms with van der Waals surface area (Å²) in [6.07, 6.45) is 6.59. The highest BCUT2D eigenvalue weighted by Gasteiger charge is 2.22. The molecule has 1 aliphatic heterocycles. The van der Waals surface area contributed by atoms with Gasteiger partial charge in [0.2, 0.25) is 5.91 Å². The van der Waals surface area contributed by atoms with E-state index in [1.807, 2.05) is 38.2 Å². The summed E-state index contributed by atoms with van der Waals surface area (Å²) in [6.45, 7) is 2.22. The fourth-order valence-electron chi connectivity index (χ4n) is 3.35. The number of hydrogen-bond acceptors (Lipinski definition) is 9. The van der Waals surface area contributed by atoms with Gasteiger partial charge in [-0.25, -0.2) is 15.0 Å². The second-order valence-electron chi connectivity index (χ2n) is 7.49. The van der Waals surface area contributed by atoms with Crippen LogP contribution in [0.25, 0.3) is 0 Å². The van der Waals surface area contributed by atoms with Gasteiger partial charge in [-0.1, -0.05) is 0 Å². The number of nitriles is 1. The standard InChI is InChI=1S/C20H27N9O/c1-28(2)13-20(30)26-16-11-25-18(27-19-12-23-14(9-21)10-24-19)8-17(16)29(3)15-4-6-22-7-5-15/h8,10-12,15,22H,4-7,13H2,1-3H3,(H,26,30)(H,24,25,27). The predicted molar refractivity (Wildman–Crippen MR) is 116 cm³/mol. The molecule has 0 aromatic carbocycles. The first-order valence-electron chi connectivity index (χ1n) is 9.83. The molecule has 0 atom stereocenters. The number of carbonyl (C=O) groups excluding carboxylic acids is 1. The SMILES string of the molecule is CN(C)CC(=O)Nc1cnc(Nc2cnc(C#N)cn2)cc1N(C)C1CCNCC1. The zero-order valence-corrected chi connectivity index (χ0v) is 17.5. The van der Waals surface area contributed by atoms with Gasteiger partial charge in [0, 0.05) is 19.2 Å². The highest BCUT2D eigenvalue weighted by molar-refractivity contribution is 5.95. The van der Waals surface area contributed by atoms with Gasteiger partial charge in [0.05, 0.1) is 36.5 Å². The summed E-state index contributed by atoms with van der Waals surface area (Å²) in [6, 6.07) is 4.20. The van der Waals surface area contributed by atoms with Crippen molar-refractivity contribution in [2.24, 2.45) is 0 Å². The lowest BCUT2D eigenvalue weighted by Crippen LogP contribution is -2.41. The Balaban J connectivity index is 1.86. The highest BCUT2D eigenvalue weighted by Crippen LogP contribution is 2.31. The third-order valence-electron chi connectivity index (χ3n) is 4.87. The minimum Gasteiger partial charge on any atom is -0.370 e. The van der Waals surface area contributed by atoms with Crippen molar-refractivity contribution in [2.45, 2.75) is 18.9 Å². The van der Waals surface area contributed by atoms with E-state index >= 15 is 0 Å². The van der Waals surface area contributed by atoms with Gasteiger partial charge in [-0.05, 0) is 40.0 Å². The molecule has 1 amide bonds. The molecule has 0 radical (unpaired) electrons. The van der Waals surface area contributed by atoms with E-state index < -0.39 is 0 Å². The Morgan fingerprint density at radius 1 is 1.17 bits per heavy atom. The van der Waals surface area contributed by atoms with Gasteiger partial charge in [-0.2, -0.15) is 5.26 Å². The van der Waals surface area contributed by atoms with E-state index in [1.165, 1.54) is 12.4 Å². The van der Waals surface area contributed by atoms with Crippen molar-refractivity contribution in [3.05, 3.63) is 30.4 Å². The molecule has 30 heavy (non-hydrogen) atoms. The summed E-state index contributed by atoms with van der Waals surface area (Å²) in [5, 5.41) is 18.3. The van der Waals surface area contributed by atoms with Crippen molar-refractivity contribution < 1.29 is 4.79 Å². The Morgan fingerprint density at radius 3 is 2.53 bits per heavy atom. The van der Waals surface area contributed by atoms with E-state index in [9.17, 15) is 4.79 Å². The number of nitrogens with zero attached hydrogens (tertiary/aromatic N) is 6. The summed E-state index contributed by atoms with van der Waals surface area (Å²) in [5.41, 5.74) is 1.80. The number of nitrogens with one attached hydrogen (secondary N) is 3. The summed E-state index contributed by atoms with van der Waals surface area (Å²) in [7, 11) is 5.75. The van der Waals surface area contributed by atoms with Crippen molar-refractivity contribution in [1.82, 2.24) is 25.2 Å². The zero-order valence-electron chi connectivity index (χ0n) is 17.5. The van der Waals surface area contributed by atoms with E-state index in [4.69, 9.17) is 5.26 Å². The van der Waals surface area contributed by atoms with E-state index in [2.05, 4.69) is 35.8 Å². The van der Waals surface area contributed by atoms with Crippen LogP contribution in [0.5, 0.6) is 0 Å². The summed E-state index contributed by atoms with van der Waals surface area (Å²) < 4.78 is 0. The van der Waals surface area contributed by atoms with E-state index in [0.717, 1.165) is 31.6 Å². The molecule has 0 bridgehead atoms. The number of aromatic nitrogens is 3. The van der Waals surface area contributed by atoms with Crippen LogP contribution in [-0.4, -0.2) is 72.6 Å². The van der Waals surface area contributed by atoms with Crippen molar-refractivity contribution in [2.75, 3.05) is 56.3 Å². The minimum absolute atomic E-state index is 0.0968. The van der Waals surface area contributed by atoms with Crippen LogP contribution < -0.4 is 20.9 Å². The first kappa shape index (κ1) is 21.4. The molecule has 2 aromatic heterocycles. The third-order valence-corrected chi connectivity index (χ3v) is 4.87. The minimum atomic E-state index is -0.0968. The molecule has 3 heterocycles. The van der Waals surface area contributed by atoms with Crippen molar-refractivity contribution in [3.63, 3.8) is 0 Å². The second kappa shape index (κ2) is 9.96. The normalized spacial score (nSPS) is 14.2. The number of amides is 1. The number of pyridine rings is 1. The smallest absolute Gasteiger partial charge is 0.238 e. The molecule has 0 unspecified atom stereocenters. The molecule has 2 aromatic rings. The number of piperidine rings is 1. The summed E-state index contributed by atoms with van der Waals surface area (Å²) >= 11 is 0. The van der Waals surface area contributed by atoms with Crippen molar-refractivity contribution >= 4 is 28.9 Å².